The third-order valence-corrected chi connectivity index (χ3v) is 2.98. The molecule has 5 heteroatoms. The van der Waals surface area contributed by atoms with Crippen LogP contribution in [0.25, 0.3) is 0 Å². The lowest BCUT2D eigenvalue weighted by molar-refractivity contribution is -0.121. The molecule has 0 radical (unpaired) electrons. The van der Waals surface area contributed by atoms with Gasteiger partial charge in [0.15, 0.2) is 0 Å². The summed E-state index contributed by atoms with van der Waals surface area (Å²) in [5, 5.41) is 6.71. The number of rotatable bonds is 7. The minimum Gasteiger partial charge on any atom is -0.383 e. The van der Waals surface area contributed by atoms with Crippen molar-refractivity contribution < 1.29 is 9.53 Å². The van der Waals surface area contributed by atoms with Crippen LogP contribution < -0.4 is 10.6 Å². The minimum atomic E-state index is -0.0431. The van der Waals surface area contributed by atoms with Crippen molar-refractivity contribution in [2.75, 3.05) is 20.3 Å². The van der Waals surface area contributed by atoms with Gasteiger partial charge in [-0.1, -0.05) is 23.7 Å². The van der Waals surface area contributed by atoms with Gasteiger partial charge in [-0.25, -0.2) is 0 Å². The zero-order valence-corrected chi connectivity index (χ0v) is 12.3. The maximum Gasteiger partial charge on any atom is 0.234 e. The highest BCUT2D eigenvalue weighted by Gasteiger charge is 2.10. The Kier molecular flexibility index (Phi) is 6.84. The fraction of sp³-hybridized carbons (Fsp3) is 0.500. The molecule has 0 saturated carbocycles. The van der Waals surface area contributed by atoms with Gasteiger partial charge in [-0.2, -0.15) is 0 Å². The molecule has 4 nitrogen and oxygen atoms in total. The molecule has 1 rings (SSSR count). The highest BCUT2D eigenvalue weighted by molar-refractivity contribution is 6.30. The van der Waals surface area contributed by atoms with Crippen LogP contribution in [0.4, 0.5) is 0 Å². The van der Waals surface area contributed by atoms with Crippen LogP contribution in [0.1, 0.15) is 25.5 Å². The summed E-state index contributed by atoms with van der Waals surface area (Å²) in [6.45, 7) is 4.68. The first-order valence-electron chi connectivity index (χ1n) is 6.30. The van der Waals surface area contributed by atoms with Crippen molar-refractivity contribution in [2.45, 2.75) is 25.9 Å². The smallest absolute Gasteiger partial charge is 0.234 e. The lowest BCUT2D eigenvalue weighted by Crippen LogP contribution is -2.41. The second-order valence-electron chi connectivity index (χ2n) is 4.58. The lowest BCUT2D eigenvalue weighted by Gasteiger charge is -2.16. The summed E-state index contributed by atoms with van der Waals surface area (Å²) in [6, 6.07) is 7.69. The van der Waals surface area contributed by atoms with Gasteiger partial charge in [0.1, 0.15) is 0 Å². The first-order chi connectivity index (χ1) is 9.02. The highest BCUT2D eigenvalue weighted by atomic mass is 35.5. The van der Waals surface area contributed by atoms with Crippen molar-refractivity contribution in [3.05, 3.63) is 34.9 Å². The van der Waals surface area contributed by atoms with E-state index in [0.717, 1.165) is 5.56 Å². The van der Waals surface area contributed by atoms with Crippen LogP contribution in [0.5, 0.6) is 0 Å². The summed E-state index contributed by atoms with van der Waals surface area (Å²) in [5.74, 6) is -0.0431. The van der Waals surface area contributed by atoms with Gasteiger partial charge in [-0.15, -0.1) is 0 Å². The molecular formula is C14H21ClN2O2. The number of benzene rings is 1. The number of carbonyl (C=O) groups excluding carboxylic acids is 1. The quantitative estimate of drug-likeness (QED) is 0.807. The van der Waals surface area contributed by atoms with Crippen molar-refractivity contribution in [3.63, 3.8) is 0 Å². The summed E-state index contributed by atoms with van der Waals surface area (Å²) >= 11 is 5.93. The Morgan fingerprint density at radius 3 is 2.79 bits per heavy atom. The van der Waals surface area contributed by atoms with E-state index >= 15 is 0 Å². The Labute approximate surface area is 119 Å². The SMILES string of the molecule is COCC(C)NC(=O)CN[C@@H](C)c1cccc(Cl)c1. The van der Waals surface area contributed by atoms with Crippen molar-refractivity contribution >= 4 is 17.5 Å². The zero-order valence-electron chi connectivity index (χ0n) is 11.6. The monoisotopic (exact) mass is 284 g/mol. The van der Waals surface area contributed by atoms with Gasteiger partial charge in [-0.3, -0.25) is 4.79 Å². The molecule has 0 fully saturated rings. The largest absolute Gasteiger partial charge is 0.383 e. The Bertz CT molecular complexity index is 412. The van der Waals surface area contributed by atoms with Crippen LogP contribution in [0.3, 0.4) is 0 Å². The van der Waals surface area contributed by atoms with Gasteiger partial charge in [0, 0.05) is 24.2 Å². The predicted octanol–water partition coefficient (Wildman–Crippen LogP) is 2.14. The van der Waals surface area contributed by atoms with Crippen LogP contribution in [0.2, 0.25) is 5.02 Å². The summed E-state index contributed by atoms with van der Waals surface area (Å²) in [6.07, 6.45) is 0. The van der Waals surface area contributed by atoms with Gasteiger partial charge in [-0.05, 0) is 31.5 Å². The third kappa shape index (κ3) is 6.05. The van der Waals surface area contributed by atoms with E-state index in [1.165, 1.54) is 0 Å². The molecule has 1 unspecified atom stereocenters. The normalized spacial score (nSPS) is 13.9. The number of ether oxygens (including phenoxy) is 1. The molecule has 0 bridgehead atoms. The number of nitrogens with one attached hydrogen (secondary N) is 2. The molecule has 0 aliphatic heterocycles. The van der Waals surface area contributed by atoms with Crippen molar-refractivity contribution in [1.82, 2.24) is 10.6 Å². The zero-order chi connectivity index (χ0) is 14.3. The van der Waals surface area contributed by atoms with Crippen LogP contribution in [0, 0.1) is 0 Å². The summed E-state index contributed by atoms with van der Waals surface area (Å²) < 4.78 is 4.96. The molecule has 106 valence electrons. The molecule has 1 aromatic rings. The maximum atomic E-state index is 11.7. The number of halogens is 1. The second kappa shape index (κ2) is 8.15. The molecule has 0 aliphatic rings. The molecule has 1 aromatic carbocycles. The van der Waals surface area contributed by atoms with Crippen molar-refractivity contribution in [2.24, 2.45) is 0 Å². The van der Waals surface area contributed by atoms with Crippen LogP contribution in [-0.2, 0) is 9.53 Å². The van der Waals surface area contributed by atoms with E-state index < -0.39 is 0 Å². The van der Waals surface area contributed by atoms with Gasteiger partial charge >= 0.3 is 0 Å². The van der Waals surface area contributed by atoms with Crippen molar-refractivity contribution in [3.8, 4) is 0 Å². The Morgan fingerprint density at radius 1 is 1.42 bits per heavy atom. The number of amides is 1. The van der Waals surface area contributed by atoms with Crippen LogP contribution >= 0.6 is 11.6 Å². The Balaban J connectivity index is 2.37. The van der Waals surface area contributed by atoms with E-state index in [4.69, 9.17) is 16.3 Å². The molecule has 1 amide bonds. The van der Waals surface area contributed by atoms with Gasteiger partial charge in [0.2, 0.25) is 5.91 Å². The molecule has 0 aliphatic carbocycles. The highest BCUT2D eigenvalue weighted by Crippen LogP contribution is 2.16. The van der Waals surface area contributed by atoms with E-state index in [1.807, 2.05) is 38.1 Å². The summed E-state index contributed by atoms with van der Waals surface area (Å²) in [5.41, 5.74) is 1.06. The molecule has 0 saturated heterocycles. The third-order valence-electron chi connectivity index (χ3n) is 2.74. The van der Waals surface area contributed by atoms with E-state index in [-0.39, 0.29) is 24.5 Å². The molecule has 19 heavy (non-hydrogen) atoms. The van der Waals surface area contributed by atoms with Crippen LogP contribution in [-0.4, -0.2) is 32.2 Å². The summed E-state index contributed by atoms with van der Waals surface area (Å²) in [7, 11) is 1.61. The number of carbonyl (C=O) groups is 1. The van der Waals surface area contributed by atoms with Crippen LogP contribution in [0.15, 0.2) is 24.3 Å². The molecule has 2 atom stereocenters. The average molecular weight is 285 g/mol. The molecular weight excluding hydrogens is 264 g/mol. The predicted molar refractivity (Wildman–Crippen MR) is 77.4 cm³/mol. The van der Waals surface area contributed by atoms with E-state index in [9.17, 15) is 4.79 Å². The number of hydrogen-bond acceptors (Lipinski definition) is 3. The average Bonchev–Trinajstić information content (AvgIpc) is 2.36. The first kappa shape index (κ1) is 16.0. The minimum absolute atomic E-state index is 0.0146. The molecule has 0 spiro atoms. The molecule has 0 heterocycles. The fourth-order valence-corrected chi connectivity index (χ4v) is 1.96. The summed E-state index contributed by atoms with van der Waals surface area (Å²) in [4.78, 5) is 11.7. The Morgan fingerprint density at radius 2 is 2.16 bits per heavy atom. The standard InChI is InChI=1S/C14H21ClN2O2/c1-10(9-19-3)17-14(18)8-16-11(2)12-5-4-6-13(15)7-12/h4-7,10-11,16H,8-9H2,1-3H3,(H,17,18)/t10?,11-/m0/s1. The number of methoxy groups -OCH3 is 1. The van der Waals surface area contributed by atoms with E-state index in [0.29, 0.717) is 11.6 Å². The van der Waals surface area contributed by atoms with E-state index in [1.54, 1.807) is 7.11 Å². The first-order valence-corrected chi connectivity index (χ1v) is 6.68. The molecule has 0 aromatic heterocycles. The Hall–Kier alpha value is -1.10. The lowest BCUT2D eigenvalue weighted by atomic mass is 10.1. The van der Waals surface area contributed by atoms with Gasteiger partial charge in [0.05, 0.1) is 13.2 Å². The topological polar surface area (TPSA) is 50.4 Å². The van der Waals surface area contributed by atoms with Gasteiger partial charge < -0.3 is 15.4 Å². The fourth-order valence-electron chi connectivity index (χ4n) is 1.76. The van der Waals surface area contributed by atoms with Gasteiger partial charge in [0.25, 0.3) is 0 Å². The maximum absolute atomic E-state index is 11.7. The number of hydrogen-bond donors (Lipinski definition) is 2. The van der Waals surface area contributed by atoms with Crippen molar-refractivity contribution in [1.29, 1.82) is 0 Å². The second-order valence-corrected chi connectivity index (χ2v) is 5.02. The van der Waals surface area contributed by atoms with E-state index in [2.05, 4.69) is 10.6 Å². The molecule has 2 N–H and O–H groups in total.